The van der Waals surface area contributed by atoms with Gasteiger partial charge in [-0.05, 0) is 34.7 Å². The number of hydrogen-bond donors (Lipinski definition) is 1. The summed E-state index contributed by atoms with van der Waals surface area (Å²) in [6.07, 6.45) is 2.30. The molecule has 0 amide bonds. The van der Waals surface area contributed by atoms with Gasteiger partial charge in [-0.2, -0.15) is 0 Å². The second kappa shape index (κ2) is 3.56. The Hall–Kier alpha value is -1.38. The lowest BCUT2D eigenvalue weighted by atomic mass is 10.0. The predicted molar refractivity (Wildman–Crippen MR) is 72.2 cm³/mol. The highest BCUT2D eigenvalue weighted by Crippen LogP contribution is 2.46. The van der Waals surface area contributed by atoms with Crippen molar-refractivity contribution in [3.05, 3.63) is 47.5 Å². The van der Waals surface area contributed by atoms with Crippen LogP contribution in [0.15, 0.2) is 36.4 Å². The molecule has 2 aromatic rings. The minimum absolute atomic E-state index is 0.0973. The molecule has 1 saturated carbocycles. The first kappa shape index (κ1) is 10.5. The van der Waals surface area contributed by atoms with Crippen LogP contribution in [0.2, 0.25) is 0 Å². The summed E-state index contributed by atoms with van der Waals surface area (Å²) in [5.74, 6) is 0. The molecule has 0 saturated heterocycles. The van der Waals surface area contributed by atoms with Crippen LogP contribution in [0.1, 0.15) is 24.0 Å². The quantitative estimate of drug-likeness (QED) is 0.871. The zero-order valence-corrected chi connectivity index (χ0v) is 10.4. The van der Waals surface area contributed by atoms with Crippen molar-refractivity contribution >= 4 is 10.8 Å². The van der Waals surface area contributed by atoms with Crippen molar-refractivity contribution in [2.75, 3.05) is 6.61 Å². The zero-order valence-electron chi connectivity index (χ0n) is 10.4. The highest BCUT2D eigenvalue weighted by Gasteiger charge is 2.49. The smallest absolute Gasteiger partial charge is 0.0615 e. The molecule has 2 heteroatoms. The van der Waals surface area contributed by atoms with Crippen LogP contribution in [0.3, 0.4) is 0 Å². The fraction of sp³-hybridized carbons (Fsp3) is 0.375. The fourth-order valence-corrected chi connectivity index (χ4v) is 3.22. The van der Waals surface area contributed by atoms with E-state index in [1.165, 1.54) is 21.9 Å². The third-order valence-corrected chi connectivity index (χ3v) is 4.64. The normalized spacial score (nSPS) is 21.2. The summed E-state index contributed by atoms with van der Waals surface area (Å²) in [4.78, 5) is 2.46. The van der Waals surface area contributed by atoms with Gasteiger partial charge in [0, 0.05) is 18.6 Å². The first-order valence-corrected chi connectivity index (χ1v) is 6.68. The van der Waals surface area contributed by atoms with Crippen molar-refractivity contribution in [1.82, 2.24) is 4.90 Å². The molecule has 1 fully saturated rings. The Bertz CT molecular complexity index is 616. The molecule has 2 aromatic carbocycles. The van der Waals surface area contributed by atoms with E-state index >= 15 is 0 Å². The van der Waals surface area contributed by atoms with Gasteiger partial charge in [0.15, 0.2) is 0 Å². The van der Waals surface area contributed by atoms with Gasteiger partial charge in [0.05, 0.1) is 6.61 Å². The molecule has 18 heavy (non-hydrogen) atoms. The van der Waals surface area contributed by atoms with Gasteiger partial charge in [-0.15, -0.1) is 0 Å². The molecule has 1 aliphatic carbocycles. The Morgan fingerprint density at radius 3 is 2.67 bits per heavy atom. The van der Waals surface area contributed by atoms with E-state index in [0.29, 0.717) is 6.61 Å². The first-order valence-electron chi connectivity index (χ1n) is 6.68. The van der Waals surface area contributed by atoms with Crippen LogP contribution in [0.25, 0.3) is 10.8 Å². The Labute approximate surface area is 107 Å². The van der Waals surface area contributed by atoms with Gasteiger partial charge in [-0.25, -0.2) is 0 Å². The van der Waals surface area contributed by atoms with Gasteiger partial charge < -0.3 is 5.11 Å². The van der Waals surface area contributed by atoms with Gasteiger partial charge in [-0.3, -0.25) is 4.90 Å². The second-order valence-electron chi connectivity index (χ2n) is 5.66. The van der Waals surface area contributed by atoms with Crippen molar-refractivity contribution in [3.63, 3.8) is 0 Å². The van der Waals surface area contributed by atoms with Crippen molar-refractivity contribution in [3.8, 4) is 0 Å². The molecular weight excluding hydrogens is 222 g/mol. The monoisotopic (exact) mass is 239 g/mol. The lowest BCUT2D eigenvalue weighted by molar-refractivity contribution is 0.104. The van der Waals surface area contributed by atoms with Crippen LogP contribution in [-0.2, 0) is 13.1 Å². The summed E-state index contributed by atoms with van der Waals surface area (Å²) < 4.78 is 0. The number of nitrogens with zero attached hydrogens (tertiary/aromatic N) is 1. The van der Waals surface area contributed by atoms with Gasteiger partial charge in [0.1, 0.15) is 0 Å². The molecule has 0 bridgehead atoms. The number of rotatable bonds is 2. The van der Waals surface area contributed by atoms with Crippen LogP contribution in [0.4, 0.5) is 0 Å². The molecule has 1 heterocycles. The number of aliphatic hydroxyl groups excluding tert-OH is 1. The standard InChI is InChI=1S/C16H17NO/c18-11-16(7-8-16)17-9-13-6-5-12-3-1-2-4-14(12)15(13)10-17/h1-6,18H,7-11H2. The Balaban J connectivity index is 1.79. The summed E-state index contributed by atoms with van der Waals surface area (Å²) in [7, 11) is 0. The summed E-state index contributed by atoms with van der Waals surface area (Å²) >= 11 is 0. The molecule has 1 N–H and O–H groups in total. The molecule has 0 aromatic heterocycles. The molecule has 0 spiro atoms. The van der Waals surface area contributed by atoms with Gasteiger partial charge in [0.25, 0.3) is 0 Å². The molecule has 0 unspecified atom stereocenters. The summed E-state index contributed by atoms with van der Waals surface area (Å²) in [6.45, 7) is 2.30. The highest BCUT2D eigenvalue weighted by atomic mass is 16.3. The minimum atomic E-state index is 0.0973. The SMILES string of the molecule is OCC1(N2Cc3ccc4ccccc4c3C2)CC1. The van der Waals surface area contributed by atoms with Crippen LogP contribution in [0.5, 0.6) is 0 Å². The highest BCUT2D eigenvalue weighted by molar-refractivity contribution is 5.87. The third-order valence-electron chi connectivity index (χ3n) is 4.64. The molecule has 2 aliphatic rings. The lowest BCUT2D eigenvalue weighted by Crippen LogP contribution is -2.35. The molecule has 4 rings (SSSR count). The minimum Gasteiger partial charge on any atom is -0.394 e. The molecule has 92 valence electrons. The van der Waals surface area contributed by atoms with Crippen LogP contribution in [-0.4, -0.2) is 22.2 Å². The molecule has 0 atom stereocenters. The third kappa shape index (κ3) is 1.36. The average molecular weight is 239 g/mol. The van der Waals surface area contributed by atoms with Crippen molar-refractivity contribution in [2.24, 2.45) is 0 Å². The van der Waals surface area contributed by atoms with Crippen molar-refractivity contribution in [1.29, 1.82) is 0 Å². The maximum Gasteiger partial charge on any atom is 0.0615 e. The zero-order chi connectivity index (χ0) is 12.2. The van der Waals surface area contributed by atoms with E-state index in [1.54, 1.807) is 0 Å². The van der Waals surface area contributed by atoms with E-state index in [4.69, 9.17) is 0 Å². The number of benzene rings is 2. The summed E-state index contributed by atoms with van der Waals surface area (Å²) in [6, 6.07) is 13.1. The first-order chi connectivity index (χ1) is 8.82. The number of aliphatic hydroxyl groups is 1. The van der Waals surface area contributed by atoms with Gasteiger partial charge >= 0.3 is 0 Å². The van der Waals surface area contributed by atoms with E-state index in [-0.39, 0.29) is 5.54 Å². The molecular formula is C16H17NO. The largest absolute Gasteiger partial charge is 0.394 e. The second-order valence-corrected chi connectivity index (χ2v) is 5.66. The van der Waals surface area contributed by atoms with E-state index in [9.17, 15) is 5.11 Å². The van der Waals surface area contributed by atoms with Crippen LogP contribution >= 0.6 is 0 Å². The van der Waals surface area contributed by atoms with E-state index in [0.717, 1.165) is 25.9 Å². The van der Waals surface area contributed by atoms with Gasteiger partial charge in [0.2, 0.25) is 0 Å². The van der Waals surface area contributed by atoms with Crippen molar-refractivity contribution in [2.45, 2.75) is 31.5 Å². The Kier molecular flexibility index (Phi) is 2.08. The number of fused-ring (bicyclic) bond motifs is 3. The number of hydrogen-bond acceptors (Lipinski definition) is 2. The lowest BCUT2D eigenvalue weighted by Gasteiger charge is -2.25. The van der Waals surface area contributed by atoms with Crippen LogP contribution < -0.4 is 0 Å². The molecule has 1 aliphatic heterocycles. The topological polar surface area (TPSA) is 23.5 Å². The Morgan fingerprint density at radius 1 is 1.06 bits per heavy atom. The van der Waals surface area contributed by atoms with Crippen LogP contribution in [0, 0.1) is 0 Å². The van der Waals surface area contributed by atoms with E-state index < -0.39 is 0 Å². The van der Waals surface area contributed by atoms with Gasteiger partial charge in [-0.1, -0.05) is 36.4 Å². The van der Waals surface area contributed by atoms with Crippen molar-refractivity contribution < 1.29 is 5.11 Å². The maximum absolute atomic E-state index is 9.57. The molecule has 0 radical (unpaired) electrons. The van der Waals surface area contributed by atoms with E-state index in [1.807, 2.05) is 0 Å². The Morgan fingerprint density at radius 2 is 1.89 bits per heavy atom. The molecule has 2 nitrogen and oxygen atoms in total. The summed E-state index contributed by atoms with van der Waals surface area (Å²) in [5, 5.41) is 12.3. The average Bonchev–Trinajstić information content (AvgIpc) is 3.10. The summed E-state index contributed by atoms with van der Waals surface area (Å²) in [5.41, 5.74) is 3.00. The van der Waals surface area contributed by atoms with E-state index in [2.05, 4.69) is 41.3 Å². The maximum atomic E-state index is 9.57. The fourth-order valence-electron chi connectivity index (χ4n) is 3.22. The predicted octanol–water partition coefficient (Wildman–Crippen LogP) is 2.68.